The number of methoxy groups -OCH3 is 1. The van der Waals surface area contributed by atoms with Crippen molar-refractivity contribution in [3.05, 3.63) is 17.9 Å². The third kappa shape index (κ3) is 2.05. The molecular formula is C12H16FNO2. The average Bonchev–Trinajstić information content (AvgIpc) is 2.78. The second kappa shape index (κ2) is 4.60. The average molecular weight is 225 g/mol. The molecule has 1 aromatic rings. The van der Waals surface area contributed by atoms with Crippen LogP contribution in [-0.4, -0.2) is 13.2 Å². The standard InChI is InChI=1S/C12H16FNO2/c1-15-10-7-6-9(14)11(13)12(10)16-8-4-2-3-5-8/h6-8H,2-5,14H2,1H3. The Bertz CT molecular complexity index is 376. The molecule has 0 heterocycles. The Kier molecular flexibility index (Phi) is 3.17. The summed E-state index contributed by atoms with van der Waals surface area (Å²) < 4.78 is 24.5. The molecule has 2 N–H and O–H groups in total. The number of hydrogen-bond donors (Lipinski definition) is 1. The van der Waals surface area contributed by atoms with Gasteiger partial charge in [-0.2, -0.15) is 0 Å². The van der Waals surface area contributed by atoms with Crippen molar-refractivity contribution < 1.29 is 13.9 Å². The van der Waals surface area contributed by atoms with Crippen molar-refractivity contribution in [3.63, 3.8) is 0 Å². The van der Waals surface area contributed by atoms with Crippen molar-refractivity contribution in [2.24, 2.45) is 0 Å². The largest absolute Gasteiger partial charge is 0.493 e. The molecule has 0 amide bonds. The Labute approximate surface area is 94.3 Å². The van der Waals surface area contributed by atoms with Gasteiger partial charge < -0.3 is 15.2 Å². The van der Waals surface area contributed by atoms with Gasteiger partial charge in [-0.15, -0.1) is 0 Å². The highest BCUT2D eigenvalue weighted by Crippen LogP contribution is 2.36. The summed E-state index contributed by atoms with van der Waals surface area (Å²) in [6.45, 7) is 0. The first-order valence-corrected chi connectivity index (χ1v) is 5.51. The molecule has 0 saturated heterocycles. The highest BCUT2D eigenvalue weighted by atomic mass is 19.1. The van der Waals surface area contributed by atoms with E-state index < -0.39 is 5.82 Å². The van der Waals surface area contributed by atoms with Gasteiger partial charge in [0.1, 0.15) is 0 Å². The Morgan fingerprint density at radius 2 is 2.00 bits per heavy atom. The number of halogens is 1. The van der Waals surface area contributed by atoms with Gasteiger partial charge in [-0.25, -0.2) is 4.39 Å². The van der Waals surface area contributed by atoms with Gasteiger partial charge in [-0.1, -0.05) is 0 Å². The van der Waals surface area contributed by atoms with E-state index in [0.717, 1.165) is 25.7 Å². The van der Waals surface area contributed by atoms with Gasteiger partial charge in [0, 0.05) is 0 Å². The van der Waals surface area contributed by atoms with Crippen LogP contribution in [0.4, 0.5) is 10.1 Å². The normalized spacial score (nSPS) is 16.4. The lowest BCUT2D eigenvalue weighted by Crippen LogP contribution is -2.13. The van der Waals surface area contributed by atoms with E-state index in [1.54, 1.807) is 6.07 Å². The smallest absolute Gasteiger partial charge is 0.199 e. The van der Waals surface area contributed by atoms with Gasteiger partial charge in [0.15, 0.2) is 17.3 Å². The number of nitrogen functional groups attached to an aromatic ring is 1. The first-order chi connectivity index (χ1) is 7.72. The van der Waals surface area contributed by atoms with Crippen LogP contribution in [0.5, 0.6) is 11.5 Å². The highest BCUT2D eigenvalue weighted by Gasteiger charge is 2.21. The minimum Gasteiger partial charge on any atom is -0.493 e. The lowest BCUT2D eigenvalue weighted by Gasteiger charge is -2.17. The van der Waals surface area contributed by atoms with Crippen LogP contribution in [0.3, 0.4) is 0 Å². The van der Waals surface area contributed by atoms with Gasteiger partial charge in [0.2, 0.25) is 0 Å². The summed E-state index contributed by atoms with van der Waals surface area (Å²) in [4.78, 5) is 0. The summed E-state index contributed by atoms with van der Waals surface area (Å²) in [5.41, 5.74) is 5.60. The minimum atomic E-state index is -0.522. The van der Waals surface area contributed by atoms with E-state index in [-0.39, 0.29) is 17.5 Å². The van der Waals surface area contributed by atoms with Crippen LogP contribution in [0.25, 0.3) is 0 Å². The fraction of sp³-hybridized carbons (Fsp3) is 0.500. The molecule has 0 aromatic heterocycles. The van der Waals surface area contributed by atoms with E-state index in [1.165, 1.54) is 13.2 Å². The van der Waals surface area contributed by atoms with Crippen LogP contribution in [-0.2, 0) is 0 Å². The molecule has 1 aliphatic rings. The number of rotatable bonds is 3. The van der Waals surface area contributed by atoms with Gasteiger partial charge in [-0.3, -0.25) is 0 Å². The van der Waals surface area contributed by atoms with Gasteiger partial charge in [0.25, 0.3) is 0 Å². The van der Waals surface area contributed by atoms with Crippen molar-refractivity contribution in [2.75, 3.05) is 12.8 Å². The molecule has 1 fully saturated rings. The molecule has 0 aliphatic heterocycles. The van der Waals surface area contributed by atoms with Gasteiger partial charge >= 0.3 is 0 Å². The molecule has 0 atom stereocenters. The van der Waals surface area contributed by atoms with Crippen LogP contribution in [0, 0.1) is 5.82 Å². The van der Waals surface area contributed by atoms with Crippen molar-refractivity contribution >= 4 is 5.69 Å². The predicted molar refractivity (Wildman–Crippen MR) is 60.2 cm³/mol. The number of anilines is 1. The molecule has 0 unspecified atom stereocenters. The first kappa shape index (κ1) is 11.0. The summed E-state index contributed by atoms with van der Waals surface area (Å²) in [5, 5.41) is 0. The lowest BCUT2D eigenvalue weighted by molar-refractivity contribution is 0.191. The lowest BCUT2D eigenvalue weighted by atomic mass is 10.2. The van der Waals surface area contributed by atoms with Crippen LogP contribution in [0.15, 0.2) is 12.1 Å². The van der Waals surface area contributed by atoms with Crippen molar-refractivity contribution in [1.82, 2.24) is 0 Å². The third-order valence-corrected chi connectivity index (χ3v) is 2.90. The minimum absolute atomic E-state index is 0.0881. The zero-order chi connectivity index (χ0) is 11.5. The number of ether oxygens (including phenoxy) is 2. The summed E-state index contributed by atoms with van der Waals surface area (Å²) in [5.74, 6) is 0.0271. The maximum absolute atomic E-state index is 13.8. The summed E-state index contributed by atoms with van der Waals surface area (Å²) in [6.07, 6.45) is 4.30. The Morgan fingerprint density at radius 1 is 1.31 bits per heavy atom. The number of hydrogen-bond acceptors (Lipinski definition) is 3. The zero-order valence-corrected chi connectivity index (χ0v) is 9.33. The molecule has 16 heavy (non-hydrogen) atoms. The molecule has 1 aromatic carbocycles. The molecule has 2 rings (SSSR count). The van der Waals surface area contributed by atoms with Crippen molar-refractivity contribution in [1.29, 1.82) is 0 Å². The second-order valence-corrected chi connectivity index (χ2v) is 4.02. The zero-order valence-electron chi connectivity index (χ0n) is 9.33. The van der Waals surface area contributed by atoms with Crippen molar-refractivity contribution in [3.8, 4) is 11.5 Å². The van der Waals surface area contributed by atoms with Crippen molar-refractivity contribution in [2.45, 2.75) is 31.8 Å². The monoisotopic (exact) mass is 225 g/mol. The SMILES string of the molecule is COc1ccc(N)c(F)c1OC1CCCC1. The molecule has 1 aliphatic carbocycles. The molecule has 0 bridgehead atoms. The van der Waals surface area contributed by atoms with E-state index in [1.807, 2.05) is 0 Å². The van der Waals surface area contributed by atoms with Gasteiger partial charge in [-0.05, 0) is 37.8 Å². The third-order valence-electron chi connectivity index (χ3n) is 2.90. The van der Waals surface area contributed by atoms with Crippen LogP contribution >= 0.6 is 0 Å². The van der Waals surface area contributed by atoms with E-state index >= 15 is 0 Å². The molecule has 88 valence electrons. The van der Waals surface area contributed by atoms with Crippen LogP contribution in [0.2, 0.25) is 0 Å². The van der Waals surface area contributed by atoms with Crippen LogP contribution < -0.4 is 15.2 Å². The molecular weight excluding hydrogens is 209 g/mol. The van der Waals surface area contributed by atoms with Gasteiger partial charge in [0.05, 0.1) is 18.9 Å². The Balaban J connectivity index is 2.25. The molecule has 0 spiro atoms. The van der Waals surface area contributed by atoms with E-state index in [2.05, 4.69) is 0 Å². The summed E-state index contributed by atoms with van der Waals surface area (Å²) in [6, 6.07) is 3.11. The summed E-state index contributed by atoms with van der Waals surface area (Å²) in [7, 11) is 1.49. The van der Waals surface area contributed by atoms with E-state index in [0.29, 0.717) is 5.75 Å². The van der Waals surface area contributed by atoms with E-state index in [9.17, 15) is 4.39 Å². The highest BCUT2D eigenvalue weighted by molar-refractivity contribution is 5.53. The molecule has 0 radical (unpaired) electrons. The topological polar surface area (TPSA) is 44.5 Å². The Morgan fingerprint density at radius 3 is 2.62 bits per heavy atom. The predicted octanol–water partition coefficient (Wildman–Crippen LogP) is 2.74. The number of benzene rings is 1. The Hall–Kier alpha value is -1.45. The number of nitrogens with two attached hydrogens (primary N) is 1. The molecule has 3 nitrogen and oxygen atoms in total. The van der Waals surface area contributed by atoms with Crippen LogP contribution in [0.1, 0.15) is 25.7 Å². The maximum Gasteiger partial charge on any atom is 0.199 e. The second-order valence-electron chi connectivity index (χ2n) is 4.02. The molecule has 1 saturated carbocycles. The fourth-order valence-electron chi connectivity index (χ4n) is 2.00. The fourth-order valence-corrected chi connectivity index (χ4v) is 2.00. The first-order valence-electron chi connectivity index (χ1n) is 5.51. The molecule has 4 heteroatoms. The van der Waals surface area contributed by atoms with E-state index in [4.69, 9.17) is 15.2 Å². The quantitative estimate of drug-likeness (QED) is 0.804. The summed E-state index contributed by atoms with van der Waals surface area (Å²) >= 11 is 0. The maximum atomic E-state index is 13.8.